The quantitative estimate of drug-likeness (QED) is 0.338. The third-order valence-electron chi connectivity index (χ3n) is 4.56. The fraction of sp³-hybridized carbons (Fsp3) is 0. The van der Waals surface area contributed by atoms with Gasteiger partial charge in [-0.25, -0.2) is 13.6 Å². The van der Waals surface area contributed by atoms with Gasteiger partial charge in [0.1, 0.15) is 5.75 Å². The maximum absolute atomic E-state index is 13.0. The topological polar surface area (TPSA) is 141 Å². The fourth-order valence-corrected chi connectivity index (χ4v) is 4.61. The van der Waals surface area contributed by atoms with Crippen molar-refractivity contribution >= 4 is 39.0 Å². The van der Waals surface area contributed by atoms with E-state index in [1.165, 1.54) is 36.4 Å². The van der Waals surface area contributed by atoms with Gasteiger partial charge >= 0.3 is 0 Å². The molecule has 0 bridgehead atoms. The highest BCUT2D eigenvalue weighted by Crippen LogP contribution is 2.43. The number of nitrogens with two attached hydrogens (primary N) is 2. The van der Waals surface area contributed by atoms with Gasteiger partial charge in [-0.3, -0.25) is 9.59 Å². The van der Waals surface area contributed by atoms with Crippen LogP contribution in [0.4, 0.5) is 5.69 Å². The highest BCUT2D eigenvalue weighted by atomic mass is 32.2. The minimum absolute atomic E-state index is 0.0302. The van der Waals surface area contributed by atoms with Crippen molar-refractivity contribution in [1.82, 2.24) is 0 Å². The van der Waals surface area contributed by atoms with Gasteiger partial charge < -0.3 is 10.8 Å². The molecule has 9 heteroatoms. The van der Waals surface area contributed by atoms with Crippen molar-refractivity contribution in [3.05, 3.63) is 76.9 Å². The first-order chi connectivity index (χ1) is 13.7. The molecular weight excluding hydrogens is 412 g/mol. The van der Waals surface area contributed by atoms with E-state index >= 15 is 0 Å². The van der Waals surface area contributed by atoms with E-state index in [-0.39, 0.29) is 38.6 Å². The Kier molecular flexibility index (Phi) is 4.45. The summed E-state index contributed by atoms with van der Waals surface area (Å²) in [5.41, 5.74) is 6.60. The Morgan fingerprint density at radius 1 is 0.862 bits per heavy atom. The van der Waals surface area contributed by atoms with Crippen molar-refractivity contribution in [3.63, 3.8) is 0 Å². The van der Waals surface area contributed by atoms with Crippen LogP contribution in [-0.2, 0) is 10.0 Å². The molecule has 0 fully saturated rings. The number of anilines is 1. The second kappa shape index (κ2) is 6.73. The number of phenolic OH excluding ortho intramolecular Hbond substituents is 1. The number of carbonyl (C=O) groups is 2. The zero-order valence-electron chi connectivity index (χ0n) is 14.7. The number of carbonyl (C=O) groups excluding carboxylic acids is 2. The zero-order valence-corrected chi connectivity index (χ0v) is 16.4. The first-order valence-electron chi connectivity index (χ1n) is 8.33. The second-order valence-electron chi connectivity index (χ2n) is 6.38. The largest absolute Gasteiger partial charge is 0.507 e. The third kappa shape index (κ3) is 3.19. The van der Waals surface area contributed by atoms with Crippen LogP contribution in [0, 0.1) is 0 Å². The Labute approximate surface area is 170 Å². The van der Waals surface area contributed by atoms with Crippen LogP contribution in [0.3, 0.4) is 0 Å². The van der Waals surface area contributed by atoms with Crippen LogP contribution in [0.2, 0.25) is 0 Å². The standard InChI is InChI=1S/C20H14N2O5S2/c21-18-15(28-10-5-7-11(8-6-10)29(22,26)27)9-14(23)16-17(18)20(25)13-4-2-1-3-12(13)19(16)24/h1-9,23H,21H2,(H2,22,26,27). The van der Waals surface area contributed by atoms with Gasteiger partial charge in [0.2, 0.25) is 10.0 Å². The second-order valence-corrected chi connectivity index (χ2v) is 9.06. The third-order valence-corrected chi connectivity index (χ3v) is 6.55. The Morgan fingerprint density at radius 2 is 1.41 bits per heavy atom. The van der Waals surface area contributed by atoms with Crippen molar-refractivity contribution in [3.8, 4) is 5.75 Å². The smallest absolute Gasteiger partial charge is 0.238 e. The van der Waals surface area contributed by atoms with Crippen LogP contribution in [0.5, 0.6) is 5.75 Å². The molecule has 0 heterocycles. The molecule has 3 aromatic carbocycles. The molecule has 3 aromatic rings. The summed E-state index contributed by atoms with van der Waals surface area (Å²) in [6.45, 7) is 0. The van der Waals surface area contributed by atoms with Crippen LogP contribution >= 0.6 is 11.8 Å². The number of hydrogen-bond acceptors (Lipinski definition) is 7. The molecule has 1 aliphatic rings. The zero-order chi connectivity index (χ0) is 20.9. The van der Waals surface area contributed by atoms with Crippen molar-refractivity contribution in [2.24, 2.45) is 5.14 Å². The number of nitrogen functional groups attached to an aromatic ring is 1. The van der Waals surface area contributed by atoms with Gasteiger partial charge in [0.25, 0.3) is 0 Å². The summed E-state index contributed by atoms with van der Waals surface area (Å²) in [6, 6.07) is 13.4. The van der Waals surface area contributed by atoms with E-state index in [4.69, 9.17) is 10.9 Å². The molecule has 0 aromatic heterocycles. The number of fused-ring (bicyclic) bond motifs is 2. The van der Waals surface area contributed by atoms with Crippen molar-refractivity contribution in [2.45, 2.75) is 14.7 Å². The number of phenols is 1. The fourth-order valence-electron chi connectivity index (χ4n) is 3.18. The minimum Gasteiger partial charge on any atom is -0.507 e. The molecule has 0 unspecified atom stereocenters. The lowest BCUT2D eigenvalue weighted by Crippen LogP contribution is -2.22. The first kappa shape index (κ1) is 19.2. The van der Waals surface area contributed by atoms with Crippen molar-refractivity contribution in [1.29, 1.82) is 0 Å². The molecular formula is C20H14N2O5S2. The average molecular weight is 426 g/mol. The number of benzene rings is 3. The van der Waals surface area contributed by atoms with Gasteiger partial charge in [-0.2, -0.15) is 0 Å². The molecule has 0 aliphatic heterocycles. The summed E-state index contributed by atoms with van der Waals surface area (Å²) in [5.74, 6) is -1.24. The predicted octanol–water partition coefficient (Wildman–Crippen LogP) is 2.55. The first-order valence-corrected chi connectivity index (χ1v) is 10.7. The maximum atomic E-state index is 13.0. The van der Waals surface area contributed by atoms with Crippen LogP contribution in [0.15, 0.2) is 69.3 Å². The highest BCUT2D eigenvalue weighted by Gasteiger charge is 2.34. The monoisotopic (exact) mass is 426 g/mol. The summed E-state index contributed by atoms with van der Waals surface area (Å²) in [6.07, 6.45) is 0. The molecule has 4 rings (SSSR count). The van der Waals surface area contributed by atoms with Crippen molar-refractivity contribution < 1.29 is 23.1 Å². The SMILES string of the molecule is Nc1c(Sc2ccc(S(N)(=O)=O)cc2)cc(O)c2c1C(=O)c1ccccc1C2=O. The van der Waals surface area contributed by atoms with Crippen LogP contribution in [0.1, 0.15) is 31.8 Å². The molecule has 0 saturated heterocycles. The van der Waals surface area contributed by atoms with Crippen molar-refractivity contribution in [2.75, 3.05) is 5.73 Å². The average Bonchev–Trinajstić information content (AvgIpc) is 2.68. The Bertz CT molecular complexity index is 1300. The summed E-state index contributed by atoms with van der Waals surface area (Å²) in [5, 5.41) is 15.6. The summed E-state index contributed by atoms with van der Waals surface area (Å²) < 4.78 is 22.8. The van der Waals surface area contributed by atoms with Gasteiger partial charge in [0.15, 0.2) is 11.6 Å². The number of aromatic hydroxyl groups is 1. The number of sulfonamides is 1. The Balaban J connectivity index is 1.79. The van der Waals surface area contributed by atoms with Crippen LogP contribution < -0.4 is 10.9 Å². The molecule has 7 nitrogen and oxygen atoms in total. The summed E-state index contributed by atoms with van der Waals surface area (Å²) in [7, 11) is -3.82. The Hall–Kier alpha value is -3.14. The molecule has 146 valence electrons. The molecule has 1 aliphatic carbocycles. The molecule has 0 atom stereocenters. The number of ketones is 2. The Morgan fingerprint density at radius 3 is 1.97 bits per heavy atom. The van der Waals surface area contributed by atoms with Gasteiger partial charge in [-0.1, -0.05) is 36.0 Å². The van der Waals surface area contributed by atoms with Crippen LogP contribution in [0.25, 0.3) is 0 Å². The van der Waals surface area contributed by atoms with Gasteiger partial charge in [0.05, 0.1) is 21.7 Å². The van der Waals surface area contributed by atoms with E-state index in [0.717, 1.165) is 11.8 Å². The summed E-state index contributed by atoms with van der Waals surface area (Å²) >= 11 is 1.12. The van der Waals surface area contributed by atoms with E-state index in [1.807, 2.05) is 0 Å². The van der Waals surface area contributed by atoms with E-state index in [0.29, 0.717) is 9.79 Å². The van der Waals surface area contributed by atoms with Gasteiger partial charge in [-0.15, -0.1) is 0 Å². The molecule has 5 N–H and O–H groups in total. The van der Waals surface area contributed by atoms with E-state index in [2.05, 4.69) is 0 Å². The van der Waals surface area contributed by atoms with E-state index in [1.54, 1.807) is 18.2 Å². The minimum atomic E-state index is -3.82. The molecule has 29 heavy (non-hydrogen) atoms. The lowest BCUT2D eigenvalue weighted by Gasteiger charge is -2.21. The molecule has 0 radical (unpaired) electrons. The van der Waals surface area contributed by atoms with Gasteiger partial charge in [-0.05, 0) is 30.3 Å². The molecule has 0 amide bonds. The lowest BCUT2D eigenvalue weighted by molar-refractivity contribution is 0.0977. The number of rotatable bonds is 3. The van der Waals surface area contributed by atoms with E-state index < -0.39 is 21.6 Å². The predicted molar refractivity (Wildman–Crippen MR) is 108 cm³/mol. The van der Waals surface area contributed by atoms with Gasteiger partial charge in [0, 0.05) is 20.9 Å². The normalized spacial score (nSPS) is 13.1. The lowest BCUT2D eigenvalue weighted by atomic mass is 9.83. The highest BCUT2D eigenvalue weighted by molar-refractivity contribution is 7.99. The molecule has 0 saturated carbocycles. The number of hydrogen-bond donors (Lipinski definition) is 3. The van der Waals surface area contributed by atoms with E-state index in [9.17, 15) is 23.1 Å². The maximum Gasteiger partial charge on any atom is 0.238 e. The molecule has 0 spiro atoms. The number of primary sulfonamides is 1. The summed E-state index contributed by atoms with van der Waals surface area (Å²) in [4.78, 5) is 26.7. The van der Waals surface area contributed by atoms with Crippen LogP contribution in [-0.4, -0.2) is 25.1 Å².